The Labute approximate surface area is 126 Å². The van der Waals surface area contributed by atoms with Crippen molar-refractivity contribution in [1.82, 2.24) is 0 Å². The first kappa shape index (κ1) is 15.8. The van der Waals surface area contributed by atoms with E-state index in [2.05, 4.69) is 17.9 Å². The molecule has 2 aromatic rings. The molecule has 0 aromatic heterocycles. The molecule has 0 aliphatic rings. The molecule has 0 aliphatic carbocycles. The van der Waals surface area contributed by atoms with Crippen molar-refractivity contribution >= 4 is 12.3 Å². The van der Waals surface area contributed by atoms with Gasteiger partial charge in [-0.25, -0.2) is 0 Å². The minimum absolute atomic E-state index is 0.142. The van der Waals surface area contributed by atoms with E-state index in [9.17, 15) is 13.2 Å². The molecule has 0 fully saturated rings. The zero-order valence-electron chi connectivity index (χ0n) is 11.6. The van der Waals surface area contributed by atoms with Gasteiger partial charge in [0.15, 0.2) is 0 Å². The largest absolute Gasteiger partial charge is 0.417 e. The van der Waals surface area contributed by atoms with Gasteiger partial charge in [0.1, 0.15) is 12.8 Å². The van der Waals surface area contributed by atoms with Crippen LogP contribution in [0.2, 0.25) is 0 Å². The molecule has 5 heteroatoms. The second kappa shape index (κ2) is 6.93. The standard InChI is InChI=1S/C17H13F3NO/c1-2-13-6-5-7-14(10-13)12-22-21-11-15-8-3-4-9-16(15)17(18,19)20/h2-10H,1,12H2. The van der Waals surface area contributed by atoms with E-state index in [1.54, 1.807) is 6.08 Å². The lowest BCUT2D eigenvalue weighted by molar-refractivity contribution is -0.137. The summed E-state index contributed by atoms with van der Waals surface area (Å²) in [5, 5.41) is 3.49. The molecule has 0 aliphatic heterocycles. The molecule has 0 unspecified atom stereocenters. The van der Waals surface area contributed by atoms with Crippen molar-refractivity contribution in [3.05, 3.63) is 77.4 Å². The third kappa shape index (κ3) is 4.22. The van der Waals surface area contributed by atoms with Crippen LogP contribution in [0.3, 0.4) is 0 Å². The monoisotopic (exact) mass is 304 g/mol. The number of rotatable bonds is 5. The van der Waals surface area contributed by atoms with Crippen molar-refractivity contribution in [1.29, 1.82) is 0 Å². The molecule has 0 saturated carbocycles. The number of alkyl halides is 3. The normalized spacial score (nSPS) is 11.6. The van der Waals surface area contributed by atoms with E-state index in [1.165, 1.54) is 18.2 Å². The van der Waals surface area contributed by atoms with Crippen LogP contribution < -0.4 is 0 Å². The zero-order chi connectivity index (χ0) is 16.0. The summed E-state index contributed by atoms with van der Waals surface area (Å²) in [6.07, 6.45) is -0.473. The molecule has 2 nitrogen and oxygen atoms in total. The van der Waals surface area contributed by atoms with E-state index < -0.39 is 11.7 Å². The Morgan fingerprint density at radius 1 is 1.14 bits per heavy atom. The van der Waals surface area contributed by atoms with Crippen LogP contribution in [0.4, 0.5) is 13.2 Å². The second-order valence-electron chi connectivity index (χ2n) is 4.47. The Morgan fingerprint density at radius 3 is 2.64 bits per heavy atom. The van der Waals surface area contributed by atoms with Gasteiger partial charge in [-0.1, -0.05) is 54.2 Å². The Balaban J connectivity index is 2.03. The Morgan fingerprint density at radius 2 is 1.91 bits per heavy atom. The van der Waals surface area contributed by atoms with E-state index in [4.69, 9.17) is 4.84 Å². The van der Waals surface area contributed by atoms with Crippen LogP contribution in [-0.4, -0.2) is 6.21 Å². The third-order valence-corrected chi connectivity index (χ3v) is 2.88. The maximum absolute atomic E-state index is 12.8. The molecule has 0 N–H and O–H groups in total. The lowest BCUT2D eigenvalue weighted by atomic mass is 10.1. The summed E-state index contributed by atoms with van der Waals surface area (Å²) in [4.78, 5) is 5.00. The minimum Gasteiger partial charge on any atom is -0.390 e. The highest BCUT2D eigenvalue weighted by Gasteiger charge is 2.32. The minimum atomic E-state index is -4.45. The highest BCUT2D eigenvalue weighted by Crippen LogP contribution is 2.31. The van der Waals surface area contributed by atoms with Crippen molar-refractivity contribution in [3.63, 3.8) is 0 Å². The summed E-state index contributed by atoms with van der Waals surface area (Å²) < 4.78 is 38.3. The molecule has 22 heavy (non-hydrogen) atoms. The lowest BCUT2D eigenvalue weighted by Gasteiger charge is -2.08. The van der Waals surface area contributed by atoms with Gasteiger partial charge in [-0.2, -0.15) is 13.2 Å². The molecule has 0 saturated heterocycles. The first-order chi connectivity index (χ1) is 10.5. The highest BCUT2D eigenvalue weighted by molar-refractivity contribution is 5.81. The van der Waals surface area contributed by atoms with Crippen LogP contribution in [0.15, 0.2) is 60.3 Å². The van der Waals surface area contributed by atoms with Crippen molar-refractivity contribution in [2.45, 2.75) is 12.8 Å². The van der Waals surface area contributed by atoms with Crippen molar-refractivity contribution < 1.29 is 18.0 Å². The fourth-order valence-electron chi connectivity index (χ4n) is 1.83. The lowest BCUT2D eigenvalue weighted by Crippen LogP contribution is -2.08. The highest BCUT2D eigenvalue weighted by atomic mass is 19.4. The van der Waals surface area contributed by atoms with Gasteiger partial charge in [-0.3, -0.25) is 0 Å². The summed E-state index contributed by atoms with van der Waals surface area (Å²) >= 11 is 0. The van der Waals surface area contributed by atoms with E-state index in [0.29, 0.717) is 0 Å². The smallest absolute Gasteiger partial charge is 0.390 e. The molecule has 113 valence electrons. The average molecular weight is 304 g/mol. The van der Waals surface area contributed by atoms with Crippen LogP contribution in [0.1, 0.15) is 22.3 Å². The van der Waals surface area contributed by atoms with Gasteiger partial charge in [0, 0.05) is 5.56 Å². The van der Waals surface area contributed by atoms with E-state index >= 15 is 0 Å². The van der Waals surface area contributed by atoms with Gasteiger partial charge in [0.25, 0.3) is 0 Å². The number of hydrogen-bond acceptors (Lipinski definition) is 2. The summed E-state index contributed by atoms with van der Waals surface area (Å²) in [5.41, 5.74) is 0.814. The summed E-state index contributed by atoms with van der Waals surface area (Å²) in [6.45, 7) is 3.80. The molecule has 1 radical (unpaired) electrons. The van der Waals surface area contributed by atoms with Crippen molar-refractivity contribution in [2.24, 2.45) is 5.16 Å². The first-order valence-corrected chi connectivity index (χ1v) is 6.46. The number of hydrogen-bond donors (Lipinski definition) is 0. The van der Waals surface area contributed by atoms with Gasteiger partial charge in [-0.15, -0.1) is 0 Å². The molecule has 0 spiro atoms. The summed E-state index contributed by atoms with van der Waals surface area (Å²) in [6, 6.07) is 12.5. The topological polar surface area (TPSA) is 21.6 Å². The van der Waals surface area contributed by atoms with Crippen molar-refractivity contribution in [2.75, 3.05) is 0 Å². The molecule has 0 heterocycles. The maximum atomic E-state index is 12.8. The zero-order valence-corrected chi connectivity index (χ0v) is 11.6. The Bertz CT molecular complexity index is 678. The predicted molar refractivity (Wildman–Crippen MR) is 79.3 cm³/mol. The van der Waals surface area contributed by atoms with Crippen LogP contribution >= 0.6 is 0 Å². The Kier molecular flexibility index (Phi) is 4.99. The van der Waals surface area contributed by atoms with Gasteiger partial charge >= 0.3 is 6.18 Å². The van der Waals surface area contributed by atoms with Crippen LogP contribution in [0.25, 0.3) is 6.08 Å². The first-order valence-electron chi connectivity index (χ1n) is 6.46. The molecule has 0 amide bonds. The molecule has 0 atom stereocenters. The van der Waals surface area contributed by atoms with Crippen molar-refractivity contribution in [3.8, 4) is 0 Å². The van der Waals surface area contributed by atoms with Gasteiger partial charge in [-0.05, 0) is 23.3 Å². The van der Waals surface area contributed by atoms with Crippen LogP contribution in [0.5, 0.6) is 0 Å². The number of benzene rings is 2. The quantitative estimate of drug-likeness (QED) is 0.575. The molecule has 2 aromatic carbocycles. The number of nitrogens with zero attached hydrogens (tertiary/aromatic N) is 1. The fourth-order valence-corrected chi connectivity index (χ4v) is 1.83. The second-order valence-corrected chi connectivity index (χ2v) is 4.47. The van der Waals surface area contributed by atoms with Gasteiger partial charge < -0.3 is 4.84 Å². The average Bonchev–Trinajstić information content (AvgIpc) is 2.51. The SMILES string of the molecule is C=Cc1cccc(CO/N=[C]\c2ccccc2C(F)(F)F)c1. The number of halogens is 3. The Hall–Kier alpha value is -2.56. The fraction of sp³-hybridized carbons (Fsp3) is 0.118. The van der Waals surface area contributed by atoms with Gasteiger partial charge in [0.2, 0.25) is 0 Å². The summed E-state index contributed by atoms with van der Waals surface area (Å²) in [5.74, 6) is 0. The predicted octanol–water partition coefficient (Wildman–Crippen LogP) is 4.78. The summed E-state index contributed by atoms with van der Waals surface area (Å²) in [7, 11) is 0. The molecule has 0 bridgehead atoms. The third-order valence-electron chi connectivity index (χ3n) is 2.88. The van der Waals surface area contributed by atoms with E-state index in [0.717, 1.165) is 17.2 Å². The van der Waals surface area contributed by atoms with Crippen LogP contribution in [0, 0.1) is 0 Å². The van der Waals surface area contributed by atoms with E-state index in [1.807, 2.05) is 24.3 Å². The maximum Gasteiger partial charge on any atom is 0.417 e. The molecular weight excluding hydrogens is 291 g/mol. The molecular formula is C17H13F3NO. The van der Waals surface area contributed by atoms with E-state index in [-0.39, 0.29) is 12.2 Å². The molecule has 2 rings (SSSR count). The van der Waals surface area contributed by atoms with Gasteiger partial charge in [0.05, 0.1) is 5.56 Å². The van der Waals surface area contributed by atoms with Crippen LogP contribution in [-0.2, 0) is 17.6 Å².